The van der Waals surface area contributed by atoms with Crippen molar-refractivity contribution in [3.63, 3.8) is 0 Å². The van der Waals surface area contributed by atoms with Gasteiger partial charge in [-0.25, -0.2) is 4.79 Å². The van der Waals surface area contributed by atoms with Crippen molar-refractivity contribution in [3.05, 3.63) is 59.7 Å². The Morgan fingerprint density at radius 2 is 1.64 bits per heavy atom. The van der Waals surface area contributed by atoms with E-state index in [0.29, 0.717) is 17.9 Å². The molecule has 2 unspecified atom stereocenters. The van der Waals surface area contributed by atoms with Gasteiger partial charge < -0.3 is 19.5 Å². The van der Waals surface area contributed by atoms with Crippen LogP contribution in [0.15, 0.2) is 48.5 Å². The largest absolute Gasteiger partial charge is 0.493 e. The summed E-state index contributed by atoms with van der Waals surface area (Å²) in [5.74, 6) is -3.78. The number of Topliss-reactive ketones (excluding diaryl/α,β-unsaturated/α-hetero) is 2. The molecule has 0 aromatic heterocycles. The van der Waals surface area contributed by atoms with Crippen LogP contribution in [-0.4, -0.2) is 65.5 Å². The molecular formula is C24H25NO7S. The van der Waals surface area contributed by atoms with Crippen LogP contribution in [0.5, 0.6) is 11.5 Å². The summed E-state index contributed by atoms with van der Waals surface area (Å²) in [4.78, 5) is 53.0. The fourth-order valence-corrected chi connectivity index (χ4v) is 4.36. The molecule has 0 bridgehead atoms. The molecule has 0 saturated carbocycles. The third-order valence-electron chi connectivity index (χ3n) is 5.68. The van der Waals surface area contributed by atoms with Crippen molar-refractivity contribution in [2.45, 2.75) is 24.1 Å². The van der Waals surface area contributed by atoms with Gasteiger partial charge in [-0.05, 0) is 31.0 Å². The van der Waals surface area contributed by atoms with Crippen LogP contribution in [0.2, 0.25) is 0 Å². The zero-order valence-corrected chi connectivity index (χ0v) is 19.2. The molecule has 1 amide bonds. The molecule has 2 aromatic carbocycles. The average Bonchev–Trinajstić information content (AvgIpc) is 3.34. The highest BCUT2D eigenvalue weighted by atomic mass is 32.1. The van der Waals surface area contributed by atoms with Gasteiger partial charge in [0.05, 0.1) is 19.5 Å². The molecule has 1 N–H and O–H groups in total. The highest BCUT2D eigenvalue weighted by molar-refractivity contribution is 7.82. The Bertz CT molecular complexity index is 1060. The van der Waals surface area contributed by atoms with E-state index in [4.69, 9.17) is 9.47 Å². The van der Waals surface area contributed by atoms with Crippen molar-refractivity contribution >= 4 is 36.1 Å². The number of amides is 1. The first-order valence-corrected chi connectivity index (χ1v) is 10.9. The average molecular weight is 472 g/mol. The zero-order chi connectivity index (χ0) is 24.1. The summed E-state index contributed by atoms with van der Waals surface area (Å²) in [6.07, 6.45) is 0.782. The molecule has 3 atom stereocenters. The number of thiol groups is 1. The molecule has 1 heterocycles. The summed E-state index contributed by atoms with van der Waals surface area (Å²) in [5, 5.41) is 8.18. The van der Waals surface area contributed by atoms with Gasteiger partial charge in [0.1, 0.15) is 12.0 Å². The third kappa shape index (κ3) is 5.03. The van der Waals surface area contributed by atoms with Crippen LogP contribution in [-0.2, 0) is 9.59 Å². The number of carboxylic acids is 1. The number of ketones is 2. The topological polar surface area (TPSA) is 110 Å². The lowest BCUT2D eigenvalue weighted by atomic mass is 9.88. The highest BCUT2D eigenvalue weighted by Crippen LogP contribution is 2.31. The fraction of sp³-hybridized carbons (Fsp3) is 0.333. The van der Waals surface area contributed by atoms with Crippen LogP contribution in [0.3, 0.4) is 0 Å². The minimum Gasteiger partial charge on any atom is -0.493 e. The number of carbonyl (C=O) groups excluding carboxylic acids is 3. The maximum Gasteiger partial charge on any atom is 0.326 e. The number of hydrogen-bond acceptors (Lipinski definition) is 7. The summed E-state index contributed by atoms with van der Waals surface area (Å²) in [5.41, 5.74) is 0.420. The Balaban J connectivity index is 1.99. The van der Waals surface area contributed by atoms with Crippen molar-refractivity contribution in [3.8, 4) is 11.5 Å². The van der Waals surface area contributed by atoms with Crippen LogP contribution in [0.4, 0.5) is 0 Å². The van der Waals surface area contributed by atoms with Gasteiger partial charge >= 0.3 is 5.97 Å². The van der Waals surface area contributed by atoms with Crippen molar-refractivity contribution in [1.82, 2.24) is 4.90 Å². The summed E-state index contributed by atoms with van der Waals surface area (Å²) >= 11 is 4.41. The van der Waals surface area contributed by atoms with E-state index in [-0.39, 0.29) is 24.1 Å². The van der Waals surface area contributed by atoms with Crippen molar-refractivity contribution in [2.24, 2.45) is 5.92 Å². The second-order valence-corrected chi connectivity index (χ2v) is 8.17. The zero-order valence-electron chi connectivity index (χ0n) is 18.3. The van der Waals surface area contributed by atoms with Crippen LogP contribution in [0.25, 0.3) is 0 Å². The molecule has 3 rings (SSSR count). The number of carbonyl (C=O) groups is 4. The molecule has 8 nitrogen and oxygen atoms in total. The SMILES string of the molecule is COc1ccc(C(=O)C(S)C(C(=O)c2ccccc2)C(=O)N2CCC[C@H]2C(=O)O)cc1OC. The number of likely N-dealkylation sites (tertiary alicyclic amines) is 1. The van der Waals surface area contributed by atoms with Crippen LogP contribution < -0.4 is 9.47 Å². The summed E-state index contributed by atoms with van der Waals surface area (Å²) in [6.45, 7) is 0.194. The Morgan fingerprint density at radius 3 is 2.24 bits per heavy atom. The molecule has 9 heteroatoms. The van der Waals surface area contributed by atoms with E-state index in [1.165, 1.54) is 31.3 Å². The van der Waals surface area contributed by atoms with Gasteiger partial charge in [0, 0.05) is 17.7 Å². The molecule has 174 valence electrons. The number of nitrogens with zero attached hydrogens (tertiary/aromatic N) is 1. The summed E-state index contributed by atoms with van der Waals surface area (Å²) < 4.78 is 10.4. The lowest BCUT2D eigenvalue weighted by Crippen LogP contribution is -2.49. The van der Waals surface area contributed by atoms with E-state index in [9.17, 15) is 24.3 Å². The first-order chi connectivity index (χ1) is 15.8. The van der Waals surface area contributed by atoms with E-state index in [1.54, 1.807) is 36.4 Å². The fourth-order valence-electron chi connectivity index (χ4n) is 3.95. The number of benzene rings is 2. The minimum absolute atomic E-state index is 0.183. The molecular weight excluding hydrogens is 446 g/mol. The predicted octanol–water partition coefficient (Wildman–Crippen LogP) is 2.76. The van der Waals surface area contributed by atoms with Crippen molar-refractivity contribution in [1.29, 1.82) is 0 Å². The first kappa shape index (κ1) is 24.3. The molecule has 0 spiro atoms. The number of ether oxygens (including phenoxy) is 2. The number of hydrogen-bond donors (Lipinski definition) is 2. The van der Waals surface area contributed by atoms with Gasteiger partial charge in [0.2, 0.25) is 5.91 Å². The smallest absolute Gasteiger partial charge is 0.326 e. The minimum atomic E-state index is -1.49. The first-order valence-electron chi connectivity index (χ1n) is 10.4. The maximum atomic E-state index is 13.5. The normalized spacial score (nSPS) is 17.2. The molecule has 2 aromatic rings. The number of aliphatic carboxylic acids is 1. The molecule has 1 aliphatic rings. The van der Waals surface area contributed by atoms with E-state index >= 15 is 0 Å². The molecule has 1 saturated heterocycles. The number of rotatable bonds is 9. The van der Waals surface area contributed by atoms with Gasteiger partial charge in [-0.15, -0.1) is 0 Å². The molecule has 33 heavy (non-hydrogen) atoms. The Morgan fingerprint density at radius 1 is 0.970 bits per heavy atom. The van der Waals surface area contributed by atoms with E-state index in [0.717, 1.165) is 0 Å². The molecule has 1 aliphatic heterocycles. The van der Waals surface area contributed by atoms with Crippen LogP contribution in [0, 0.1) is 5.92 Å². The monoisotopic (exact) mass is 471 g/mol. The van der Waals surface area contributed by atoms with E-state index in [1.807, 2.05) is 0 Å². The van der Waals surface area contributed by atoms with Crippen molar-refractivity contribution in [2.75, 3.05) is 20.8 Å². The van der Waals surface area contributed by atoms with E-state index in [2.05, 4.69) is 12.6 Å². The second kappa shape index (κ2) is 10.5. The molecule has 0 aliphatic carbocycles. The third-order valence-corrected chi connectivity index (χ3v) is 6.21. The quantitative estimate of drug-likeness (QED) is 0.329. The van der Waals surface area contributed by atoms with Crippen LogP contribution in [0.1, 0.15) is 33.6 Å². The van der Waals surface area contributed by atoms with Gasteiger partial charge in [-0.3, -0.25) is 14.4 Å². The summed E-state index contributed by atoms with van der Waals surface area (Å²) in [6, 6.07) is 11.6. The highest BCUT2D eigenvalue weighted by Gasteiger charge is 2.44. The van der Waals surface area contributed by atoms with Gasteiger partial charge in [-0.2, -0.15) is 12.6 Å². The van der Waals surface area contributed by atoms with Crippen molar-refractivity contribution < 1.29 is 33.8 Å². The Hall–Kier alpha value is -3.33. The number of carboxylic acid groups (broad SMARTS) is 1. The van der Waals surface area contributed by atoms with Gasteiger partial charge in [0.25, 0.3) is 0 Å². The van der Waals surface area contributed by atoms with Gasteiger partial charge in [-0.1, -0.05) is 30.3 Å². The molecule has 0 radical (unpaired) electrons. The standard InChI is InChI=1S/C24H25NO7S/c1-31-17-11-10-15(13-18(17)32-2)21(27)22(33)19(20(26)14-7-4-3-5-8-14)23(28)25-12-6-9-16(25)24(29)30/h3-5,7-8,10-11,13,16,19,22,33H,6,9,12H2,1-2H3,(H,29,30)/t16-,19?,22?/m0/s1. The van der Waals surface area contributed by atoms with Crippen LogP contribution >= 0.6 is 12.6 Å². The maximum absolute atomic E-state index is 13.5. The Labute approximate surface area is 196 Å². The second-order valence-electron chi connectivity index (χ2n) is 7.61. The number of methoxy groups -OCH3 is 2. The molecule has 1 fully saturated rings. The Kier molecular flexibility index (Phi) is 7.75. The van der Waals surface area contributed by atoms with Gasteiger partial charge in [0.15, 0.2) is 23.1 Å². The summed E-state index contributed by atoms with van der Waals surface area (Å²) in [7, 11) is 2.89. The lowest BCUT2D eigenvalue weighted by molar-refractivity contribution is -0.149. The van der Waals surface area contributed by atoms with E-state index < -0.39 is 40.7 Å². The lowest BCUT2D eigenvalue weighted by Gasteiger charge is -2.28. The predicted molar refractivity (Wildman–Crippen MR) is 123 cm³/mol.